The molecule has 1 heterocycles. The van der Waals surface area contributed by atoms with Crippen molar-refractivity contribution in [2.75, 3.05) is 24.5 Å². The van der Waals surface area contributed by atoms with Crippen LogP contribution in [0.1, 0.15) is 25.3 Å². The minimum absolute atomic E-state index is 0.0435. The maximum Gasteiger partial charge on any atom is 0.216 e. The van der Waals surface area contributed by atoms with Gasteiger partial charge in [0, 0.05) is 42.3 Å². The standard InChI is InChI=1S/C15H21BrN2O2/c1-11(20)17-9-12-4-6-18(7-5-12)15-8-14(16)3-2-13(15)10-19/h2-3,8,12,19H,4-7,9-10H2,1H3,(H,17,20). The predicted octanol–water partition coefficient (Wildman–Crippen LogP) is 2.29. The third-order valence-electron chi connectivity index (χ3n) is 3.81. The van der Waals surface area contributed by atoms with Crippen LogP contribution < -0.4 is 10.2 Å². The first-order valence-corrected chi connectivity index (χ1v) is 7.78. The van der Waals surface area contributed by atoms with E-state index in [4.69, 9.17) is 0 Å². The Bertz CT molecular complexity index is 471. The normalized spacial score (nSPS) is 16.2. The van der Waals surface area contributed by atoms with E-state index in [-0.39, 0.29) is 12.5 Å². The Morgan fingerprint density at radius 1 is 1.45 bits per heavy atom. The molecule has 0 spiro atoms. The molecule has 1 aromatic rings. The summed E-state index contributed by atoms with van der Waals surface area (Å²) in [6, 6.07) is 5.99. The first-order valence-electron chi connectivity index (χ1n) is 6.99. The first kappa shape index (κ1) is 15.3. The molecule has 1 aliphatic rings. The number of carbonyl (C=O) groups excluding carboxylic acids is 1. The van der Waals surface area contributed by atoms with Crippen LogP contribution in [0.2, 0.25) is 0 Å². The molecule has 2 N–H and O–H groups in total. The molecule has 1 aliphatic heterocycles. The van der Waals surface area contributed by atoms with Crippen molar-refractivity contribution in [1.82, 2.24) is 5.32 Å². The van der Waals surface area contributed by atoms with Crippen LogP contribution >= 0.6 is 15.9 Å². The highest BCUT2D eigenvalue weighted by Crippen LogP contribution is 2.29. The monoisotopic (exact) mass is 340 g/mol. The number of nitrogens with one attached hydrogen (secondary N) is 1. The summed E-state index contributed by atoms with van der Waals surface area (Å²) in [5.74, 6) is 0.599. The van der Waals surface area contributed by atoms with Gasteiger partial charge in [-0.2, -0.15) is 0 Å². The third kappa shape index (κ3) is 3.96. The van der Waals surface area contributed by atoms with Crippen LogP contribution in [0.4, 0.5) is 5.69 Å². The van der Waals surface area contributed by atoms with Gasteiger partial charge >= 0.3 is 0 Å². The molecule has 0 unspecified atom stereocenters. The van der Waals surface area contributed by atoms with Crippen molar-refractivity contribution >= 4 is 27.5 Å². The van der Waals surface area contributed by atoms with Crippen LogP contribution in [-0.4, -0.2) is 30.6 Å². The number of hydrogen-bond donors (Lipinski definition) is 2. The van der Waals surface area contributed by atoms with Crippen LogP contribution in [0, 0.1) is 5.92 Å². The first-order chi connectivity index (χ1) is 9.60. The fraction of sp³-hybridized carbons (Fsp3) is 0.533. The number of aliphatic hydroxyl groups is 1. The molecule has 1 saturated heterocycles. The second kappa shape index (κ2) is 7.09. The molecule has 20 heavy (non-hydrogen) atoms. The van der Waals surface area contributed by atoms with Gasteiger partial charge in [-0.3, -0.25) is 4.79 Å². The van der Waals surface area contributed by atoms with E-state index >= 15 is 0 Å². The second-order valence-corrected chi connectivity index (χ2v) is 6.21. The summed E-state index contributed by atoms with van der Waals surface area (Å²) in [6.45, 7) is 4.33. The number of benzene rings is 1. The lowest BCUT2D eigenvalue weighted by molar-refractivity contribution is -0.119. The minimum Gasteiger partial charge on any atom is -0.392 e. The lowest BCUT2D eigenvalue weighted by Crippen LogP contribution is -2.38. The summed E-state index contributed by atoms with van der Waals surface area (Å²) in [5.41, 5.74) is 2.08. The van der Waals surface area contributed by atoms with Gasteiger partial charge in [0.15, 0.2) is 0 Å². The molecule has 1 fully saturated rings. The molecule has 0 aliphatic carbocycles. The number of aliphatic hydroxyl groups excluding tert-OH is 1. The molecule has 110 valence electrons. The van der Waals surface area contributed by atoms with Gasteiger partial charge in [-0.15, -0.1) is 0 Å². The second-order valence-electron chi connectivity index (χ2n) is 5.30. The molecular formula is C15H21BrN2O2. The lowest BCUT2D eigenvalue weighted by atomic mass is 9.96. The summed E-state index contributed by atoms with van der Waals surface area (Å²) >= 11 is 3.49. The Kier molecular flexibility index (Phi) is 5.43. The van der Waals surface area contributed by atoms with E-state index < -0.39 is 0 Å². The van der Waals surface area contributed by atoms with Gasteiger partial charge in [-0.1, -0.05) is 22.0 Å². The van der Waals surface area contributed by atoms with Gasteiger partial charge in [0.05, 0.1) is 6.61 Å². The summed E-state index contributed by atoms with van der Waals surface area (Å²) in [6.07, 6.45) is 2.13. The number of anilines is 1. The highest BCUT2D eigenvalue weighted by atomic mass is 79.9. The van der Waals surface area contributed by atoms with E-state index in [1.165, 1.54) is 0 Å². The summed E-state index contributed by atoms with van der Waals surface area (Å²) in [5, 5.41) is 12.3. The topological polar surface area (TPSA) is 52.6 Å². The number of amides is 1. The average molecular weight is 341 g/mol. The van der Waals surface area contributed by atoms with Crippen molar-refractivity contribution in [2.24, 2.45) is 5.92 Å². The molecule has 0 saturated carbocycles. The molecule has 4 nitrogen and oxygen atoms in total. The number of hydrogen-bond acceptors (Lipinski definition) is 3. The Hall–Kier alpha value is -1.07. The predicted molar refractivity (Wildman–Crippen MR) is 83.7 cm³/mol. The van der Waals surface area contributed by atoms with Crippen molar-refractivity contribution in [3.05, 3.63) is 28.2 Å². The Morgan fingerprint density at radius 3 is 2.75 bits per heavy atom. The van der Waals surface area contributed by atoms with Gasteiger partial charge in [0.1, 0.15) is 0 Å². The van der Waals surface area contributed by atoms with Crippen LogP contribution in [0.15, 0.2) is 22.7 Å². The zero-order valence-corrected chi connectivity index (χ0v) is 13.3. The molecule has 0 aromatic heterocycles. The fourth-order valence-corrected chi connectivity index (χ4v) is 2.98. The summed E-state index contributed by atoms with van der Waals surface area (Å²) in [7, 11) is 0. The number of carbonyl (C=O) groups is 1. The Labute approximate surface area is 128 Å². The largest absolute Gasteiger partial charge is 0.392 e. The number of rotatable bonds is 4. The lowest BCUT2D eigenvalue weighted by Gasteiger charge is -2.34. The van der Waals surface area contributed by atoms with Gasteiger partial charge < -0.3 is 15.3 Å². The molecule has 0 atom stereocenters. The number of halogens is 1. The van der Waals surface area contributed by atoms with E-state index in [1.807, 2.05) is 12.1 Å². The average Bonchev–Trinajstić information content (AvgIpc) is 2.45. The van der Waals surface area contributed by atoms with Crippen molar-refractivity contribution in [1.29, 1.82) is 0 Å². The fourth-order valence-electron chi connectivity index (χ4n) is 2.63. The smallest absolute Gasteiger partial charge is 0.216 e. The molecule has 2 rings (SSSR count). The van der Waals surface area contributed by atoms with Crippen molar-refractivity contribution < 1.29 is 9.90 Å². The molecular weight excluding hydrogens is 320 g/mol. The van der Waals surface area contributed by atoms with Gasteiger partial charge in [0.25, 0.3) is 0 Å². The zero-order valence-electron chi connectivity index (χ0n) is 11.7. The zero-order chi connectivity index (χ0) is 14.5. The maximum absolute atomic E-state index is 10.9. The maximum atomic E-state index is 10.9. The van der Waals surface area contributed by atoms with Gasteiger partial charge in [0.2, 0.25) is 5.91 Å². The third-order valence-corrected chi connectivity index (χ3v) is 4.31. The highest BCUT2D eigenvalue weighted by molar-refractivity contribution is 9.10. The van der Waals surface area contributed by atoms with E-state index in [0.29, 0.717) is 5.92 Å². The van der Waals surface area contributed by atoms with Crippen molar-refractivity contribution in [2.45, 2.75) is 26.4 Å². The van der Waals surface area contributed by atoms with Crippen LogP contribution in [-0.2, 0) is 11.4 Å². The SMILES string of the molecule is CC(=O)NCC1CCN(c2cc(Br)ccc2CO)CC1. The summed E-state index contributed by atoms with van der Waals surface area (Å²) < 4.78 is 1.03. The van der Waals surface area contributed by atoms with Crippen molar-refractivity contribution in [3.8, 4) is 0 Å². The van der Waals surface area contributed by atoms with E-state index in [2.05, 4.69) is 32.2 Å². The molecule has 5 heteroatoms. The molecule has 0 bridgehead atoms. The van der Waals surface area contributed by atoms with Gasteiger partial charge in [-0.25, -0.2) is 0 Å². The van der Waals surface area contributed by atoms with E-state index in [1.54, 1.807) is 6.92 Å². The minimum atomic E-state index is 0.0435. The molecule has 0 radical (unpaired) electrons. The Balaban J connectivity index is 1.96. The summed E-state index contributed by atoms with van der Waals surface area (Å²) in [4.78, 5) is 13.3. The van der Waals surface area contributed by atoms with E-state index in [9.17, 15) is 9.90 Å². The van der Waals surface area contributed by atoms with Crippen LogP contribution in [0.3, 0.4) is 0 Å². The Morgan fingerprint density at radius 2 is 2.15 bits per heavy atom. The highest BCUT2D eigenvalue weighted by Gasteiger charge is 2.21. The van der Waals surface area contributed by atoms with Gasteiger partial charge in [-0.05, 0) is 30.9 Å². The quantitative estimate of drug-likeness (QED) is 0.884. The van der Waals surface area contributed by atoms with Crippen LogP contribution in [0.5, 0.6) is 0 Å². The van der Waals surface area contributed by atoms with E-state index in [0.717, 1.165) is 48.2 Å². The molecule has 1 aromatic carbocycles. The number of nitrogens with zero attached hydrogens (tertiary/aromatic N) is 1. The molecule has 1 amide bonds. The number of piperidine rings is 1. The van der Waals surface area contributed by atoms with Crippen molar-refractivity contribution in [3.63, 3.8) is 0 Å². The van der Waals surface area contributed by atoms with Crippen LogP contribution in [0.25, 0.3) is 0 Å².